The number of allylic oxidation sites excluding steroid dienone is 1. The van der Waals surface area contributed by atoms with Crippen LogP contribution in [-0.4, -0.2) is 40.8 Å². The largest absolute Gasteiger partial charge is 1.00 e. The number of nitrogens with one attached hydrogen (secondary N) is 1. The van der Waals surface area contributed by atoms with Crippen molar-refractivity contribution in [3.8, 4) is 0 Å². The lowest BCUT2D eigenvalue weighted by atomic mass is 9.62. The summed E-state index contributed by atoms with van der Waals surface area (Å²) in [6, 6.07) is 9.84. The van der Waals surface area contributed by atoms with Gasteiger partial charge in [-0.3, -0.25) is 0 Å². The molecule has 4 aliphatic rings. The maximum Gasteiger partial charge on any atom is 0.131 e. The topological polar surface area (TPSA) is 36.0 Å². The second kappa shape index (κ2) is 6.31. The Kier molecular flexibility index (Phi) is 4.74. The monoisotopic (exact) mass is 380 g/mol. The highest BCUT2D eigenvalue weighted by atomic mass is 35.5. The third kappa shape index (κ3) is 2.26. The molecule has 25 heavy (non-hydrogen) atoms. The van der Waals surface area contributed by atoms with Gasteiger partial charge in [0.1, 0.15) is 12.6 Å². The summed E-state index contributed by atoms with van der Waals surface area (Å²) in [7, 11) is 2.42. The maximum atomic E-state index is 10.1. The number of halogens is 2. The highest BCUT2D eigenvalue weighted by Gasteiger charge is 2.61. The number of benzene rings is 1. The summed E-state index contributed by atoms with van der Waals surface area (Å²) in [6.07, 6.45) is 4.59. The minimum Gasteiger partial charge on any atom is -1.00 e. The smallest absolute Gasteiger partial charge is 0.131 e. The molecule has 5 atom stereocenters. The molecule has 5 heterocycles. The molecule has 1 aromatic heterocycles. The lowest BCUT2D eigenvalue weighted by Gasteiger charge is -2.62. The Bertz CT molecular complexity index is 830. The number of nitrogens with zero attached hydrogens (tertiary/aromatic N) is 1. The van der Waals surface area contributed by atoms with Crippen LogP contribution in [0.15, 0.2) is 35.9 Å². The minimum atomic E-state index is 0. The van der Waals surface area contributed by atoms with Crippen LogP contribution in [0.2, 0.25) is 0 Å². The van der Waals surface area contributed by atoms with Crippen molar-refractivity contribution in [1.29, 1.82) is 0 Å². The first kappa shape index (κ1) is 18.8. The molecule has 3 nitrogen and oxygen atoms in total. The number of para-hydroxylation sites is 1. The van der Waals surface area contributed by atoms with E-state index in [4.69, 9.17) is 0 Å². The van der Waals surface area contributed by atoms with Gasteiger partial charge in [-0.2, -0.15) is 0 Å². The van der Waals surface area contributed by atoms with E-state index >= 15 is 0 Å². The van der Waals surface area contributed by atoms with Crippen LogP contribution in [0.5, 0.6) is 0 Å². The zero-order valence-corrected chi connectivity index (χ0v) is 16.3. The lowest BCUT2D eigenvalue weighted by molar-refractivity contribution is -0.978. The Labute approximate surface area is 161 Å². The van der Waals surface area contributed by atoms with E-state index in [2.05, 4.69) is 49.3 Å². The van der Waals surface area contributed by atoms with Crippen molar-refractivity contribution in [1.82, 2.24) is 4.98 Å². The Morgan fingerprint density at radius 3 is 2.80 bits per heavy atom. The predicted octanol–water partition coefficient (Wildman–Crippen LogP) is 0.594. The highest BCUT2D eigenvalue weighted by Crippen LogP contribution is 2.57. The molecule has 5 heteroatoms. The molecular formula is C20H26Cl2N2O. The van der Waals surface area contributed by atoms with Crippen molar-refractivity contribution in [2.75, 3.05) is 20.2 Å². The summed E-state index contributed by atoms with van der Waals surface area (Å²) in [5, 5.41) is 11.5. The van der Waals surface area contributed by atoms with E-state index < -0.39 is 0 Å². The van der Waals surface area contributed by atoms with Crippen LogP contribution in [0.25, 0.3) is 10.9 Å². The van der Waals surface area contributed by atoms with Gasteiger partial charge >= 0.3 is 0 Å². The zero-order chi connectivity index (χ0) is 15.8. The summed E-state index contributed by atoms with van der Waals surface area (Å²) in [5.74, 6) is 0.984. The Morgan fingerprint density at radius 2 is 2.08 bits per heavy atom. The van der Waals surface area contributed by atoms with Crippen molar-refractivity contribution in [3.63, 3.8) is 0 Å². The van der Waals surface area contributed by atoms with Crippen LogP contribution in [0, 0.1) is 11.8 Å². The van der Waals surface area contributed by atoms with Gasteiger partial charge in [0.2, 0.25) is 0 Å². The van der Waals surface area contributed by atoms with Gasteiger partial charge < -0.3 is 27.0 Å². The molecule has 1 aromatic carbocycles. The third-order valence-corrected chi connectivity index (χ3v) is 7.13. The Hall–Kier alpha value is -1.000. The van der Waals surface area contributed by atoms with E-state index in [1.54, 1.807) is 5.57 Å². The van der Waals surface area contributed by atoms with Crippen LogP contribution in [-0.2, 0) is 6.42 Å². The molecule has 0 spiro atoms. The summed E-state index contributed by atoms with van der Waals surface area (Å²) in [4.78, 5) is 3.75. The molecule has 4 bridgehead atoms. The number of aromatic nitrogens is 1. The van der Waals surface area contributed by atoms with Gasteiger partial charge in [-0.15, -0.1) is 12.4 Å². The number of rotatable bonds is 1. The number of likely N-dealkylation sites (N-methyl/N-ethyl adjacent to an activating group) is 1. The molecule has 3 saturated heterocycles. The number of piperidine rings is 3. The number of aliphatic hydroxyl groups is 1. The van der Waals surface area contributed by atoms with Crippen molar-refractivity contribution >= 4 is 23.3 Å². The fourth-order valence-corrected chi connectivity index (χ4v) is 6.02. The number of fused-ring (bicyclic) bond motifs is 4. The van der Waals surface area contributed by atoms with Crippen molar-refractivity contribution in [2.24, 2.45) is 11.8 Å². The molecule has 2 aromatic rings. The van der Waals surface area contributed by atoms with Gasteiger partial charge in [-0.05, 0) is 24.1 Å². The second-order valence-corrected chi connectivity index (χ2v) is 7.91. The van der Waals surface area contributed by atoms with Crippen LogP contribution >= 0.6 is 12.4 Å². The van der Waals surface area contributed by atoms with Crippen molar-refractivity contribution in [2.45, 2.75) is 31.8 Å². The van der Waals surface area contributed by atoms with E-state index in [1.165, 1.54) is 28.6 Å². The predicted molar refractivity (Wildman–Crippen MR) is 99.3 cm³/mol. The highest BCUT2D eigenvalue weighted by molar-refractivity contribution is 5.85. The SMILES string of the molecule is C/C=C1/C[N@@+]2(C)[C@H]3C[C@@H]1[C@@H](CO)[C@@H]2Cc1c3[nH]c2ccccc12.Cl.[Cl-]. The fourth-order valence-electron chi connectivity index (χ4n) is 6.02. The van der Waals surface area contributed by atoms with E-state index in [0.717, 1.165) is 17.4 Å². The van der Waals surface area contributed by atoms with Crippen LogP contribution < -0.4 is 12.4 Å². The van der Waals surface area contributed by atoms with E-state index in [9.17, 15) is 5.11 Å². The number of aliphatic hydroxyl groups excluding tert-OH is 1. The zero-order valence-electron chi connectivity index (χ0n) is 14.7. The van der Waals surface area contributed by atoms with Crippen molar-refractivity contribution < 1.29 is 22.0 Å². The van der Waals surface area contributed by atoms with E-state index in [1.807, 2.05) is 0 Å². The standard InChI is InChI=1S/C20H25N2O.2ClH/c1-3-12-10-22(2)18-9-15-13-6-4-5-7-17(13)21-20(15)19(22)8-14(12)16(18)11-23;;/h3-7,14,16,18-19,21,23H,8-11H2,1-2H3;2*1H/q+1;;/p-1/b12-3-;;/t14-,16+,18-,19-,22+;;/m0../s1. The molecule has 3 fully saturated rings. The number of quaternary nitrogens is 1. The van der Waals surface area contributed by atoms with Gasteiger partial charge in [-0.25, -0.2) is 0 Å². The molecule has 136 valence electrons. The molecular weight excluding hydrogens is 355 g/mol. The molecule has 4 aliphatic heterocycles. The molecule has 0 aliphatic carbocycles. The summed E-state index contributed by atoms with van der Waals surface area (Å²) in [5.41, 5.74) is 5.84. The Morgan fingerprint density at radius 1 is 1.32 bits per heavy atom. The van der Waals surface area contributed by atoms with Gasteiger partial charge in [0.15, 0.2) is 0 Å². The summed E-state index contributed by atoms with van der Waals surface area (Å²) < 4.78 is 1.08. The molecule has 0 amide bonds. The number of hydrogen-bond acceptors (Lipinski definition) is 1. The fraction of sp³-hybridized carbons (Fsp3) is 0.500. The number of H-pyrrole nitrogens is 1. The van der Waals surface area contributed by atoms with E-state index in [0.29, 0.717) is 30.5 Å². The quantitative estimate of drug-likeness (QED) is 0.551. The van der Waals surface area contributed by atoms with Crippen LogP contribution in [0.3, 0.4) is 0 Å². The first-order chi connectivity index (χ1) is 11.2. The minimum absolute atomic E-state index is 0. The number of hydrogen-bond donors (Lipinski definition) is 2. The second-order valence-electron chi connectivity index (χ2n) is 7.91. The molecule has 2 N–H and O–H groups in total. The molecule has 6 rings (SSSR count). The van der Waals surface area contributed by atoms with Gasteiger partial charge in [0.25, 0.3) is 0 Å². The maximum absolute atomic E-state index is 10.1. The summed E-state index contributed by atoms with van der Waals surface area (Å²) in [6.45, 7) is 3.65. The first-order valence-electron chi connectivity index (χ1n) is 8.87. The van der Waals surface area contributed by atoms with Crippen molar-refractivity contribution in [3.05, 3.63) is 47.2 Å². The molecule has 0 unspecified atom stereocenters. The number of aromatic amines is 1. The van der Waals surface area contributed by atoms with E-state index in [-0.39, 0.29) is 24.8 Å². The first-order valence-corrected chi connectivity index (χ1v) is 8.87. The molecule has 0 radical (unpaired) electrons. The molecule has 0 saturated carbocycles. The average molecular weight is 381 g/mol. The van der Waals surface area contributed by atoms with Gasteiger partial charge in [0.05, 0.1) is 25.4 Å². The third-order valence-electron chi connectivity index (χ3n) is 7.13. The van der Waals surface area contributed by atoms with Gasteiger partial charge in [0, 0.05) is 35.6 Å². The average Bonchev–Trinajstić information content (AvgIpc) is 2.92. The lowest BCUT2D eigenvalue weighted by Crippen LogP contribution is -3.00. The summed E-state index contributed by atoms with van der Waals surface area (Å²) >= 11 is 0. The Balaban J connectivity index is 0.000000911. The van der Waals surface area contributed by atoms with Crippen LogP contribution in [0.4, 0.5) is 0 Å². The van der Waals surface area contributed by atoms with Gasteiger partial charge in [-0.1, -0.05) is 24.3 Å². The normalized spacial score (nSPS) is 36.7. The van der Waals surface area contributed by atoms with Crippen LogP contribution in [0.1, 0.15) is 30.6 Å².